The summed E-state index contributed by atoms with van der Waals surface area (Å²) in [5.74, 6) is 3.27. The Bertz CT molecular complexity index is 638. The fraction of sp³-hybridized carbons (Fsp3) is 0.667. The molecular formula is C18H22BFOS. The van der Waals surface area contributed by atoms with Gasteiger partial charge in [0.15, 0.2) is 0 Å². The Morgan fingerprint density at radius 2 is 2.18 bits per heavy atom. The Morgan fingerprint density at radius 1 is 1.27 bits per heavy atom. The first-order chi connectivity index (χ1) is 10.7. The van der Waals surface area contributed by atoms with Crippen LogP contribution in [0.4, 0.5) is 3.89 Å². The summed E-state index contributed by atoms with van der Waals surface area (Å²) in [5.41, 5.74) is 2.94. The first-order valence-electron chi connectivity index (χ1n) is 8.75. The fourth-order valence-electron chi connectivity index (χ4n) is 6.78. The van der Waals surface area contributed by atoms with Gasteiger partial charge in [0, 0.05) is 0 Å². The van der Waals surface area contributed by atoms with Gasteiger partial charge in [-0.15, -0.1) is 3.89 Å². The number of benzene rings is 1. The first kappa shape index (κ1) is 13.8. The molecule has 5 rings (SSSR count). The van der Waals surface area contributed by atoms with Crippen molar-refractivity contribution in [2.45, 2.75) is 62.0 Å². The Balaban J connectivity index is 1.47. The molecule has 4 unspecified atom stereocenters. The van der Waals surface area contributed by atoms with Gasteiger partial charge in [0.2, 0.25) is 0 Å². The van der Waals surface area contributed by atoms with Crippen LogP contribution < -0.4 is 4.18 Å². The second kappa shape index (κ2) is 4.46. The van der Waals surface area contributed by atoms with Crippen molar-refractivity contribution in [3.63, 3.8) is 0 Å². The molecule has 0 amide bonds. The average molecular weight is 316 g/mol. The van der Waals surface area contributed by atoms with Crippen molar-refractivity contribution in [1.82, 2.24) is 0 Å². The molecule has 5 atom stereocenters. The van der Waals surface area contributed by atoms with Crippen LogP contribution >= 0.6 is 12.4 Å². The third-order valence-corrected chi connectivity index (χ3v) is 8.08. The second-order valence-corrected chi connectivity index (χ2v) is 8.69. The van der Waals surface area contributed by atoms with E-state index >= 15 is 0 Å². The average Bonchev–Trinajstić information content (AvgIpc) is 3.00. The zero-order valence-corrected chi connectivity index (χ0v) is 13.9. The molecule has 1 aromatic rings. The van der Waals surface area contributed by atoms with Gasteiger partial charge in [-0.3, -0.25) is 0 Å². The van der Waals surface area contributed by atoms with E-state index in [1.165, 1.54) is 50.5 Å². The lowest BCUT2D eigenvalue weighted by Crippen LogP contribution is -2.34. The Kier molecular flexibility index (Phi) is 2.79. The van der Waals surface area contributed by atoms with Crippen molar-refractivity contribution in [3.8, 4) is 5.75 Å². The number of rotatable bonds is 2. The highest BCUT2D eigenvalue weighted by molar-refractivity contribution is 7.89. The summed E-state index contributed by atoms with van der Waals surface area (Å²) in [6.07, 6.45) is 8.20. The summed E-state index contributed by atoms with van der Waals surface area (Å²) >= 11 is -0.0548. The lowest BCUT2D eigenvalue weighted by molar-refractivity contribution is 0.158. The van der Waals surface area contributed by atoms with Gasteiger partial charge >= 0.3 is 0 Å². The van der Waals surface area contributed by atoms with E-state index < -0.39 is 0 Å². The van der Waals surface area contributed by atoms with Crippen LogP contribution in [0.15, 0.2) is 18.2 Å². The van der Waals surface area contributed by atoms with Gasteiger partial charge in [0.1, 0.15) is 13.0 Å². The maximum atomic E-state index is 12.3. The van der Waals surface area contributed by atoms with Gasteiger partial charge in [-0.05, 0) is 60.3 Å². The summed E-state index contributed by atoms with van der Waals surface area (Å²) < 4.78 is 17.3. The van der Waals surface area contributed by atoms with Crippen LogP contribution in [-0.2, 0) is 6.42 Å². The van der Waals surface area contributed by atoms with Crippen molar-refractivity contribution in [2.24, 2.45) is 11.8 Å². The second-order valence-electron chi connectivity index (χ2n) is 8.39. The van der Waals surface area contributed by atoms with Crippen LogP contribution in [0, 0.1) is 11.8 Å². The third-order valence-electron chi connectivity index (χ3n) is 7.82. The van der Waals surface area contributed by atoms with Crippen LogP contribution in [0.5, 0.6) is 5.75 Å². The molecule has 1 saturated heterocycles. The Hall–Kier alpha value is -0.635. The largest absolute Gasteiger partial charge is 0.397 e. The third kappa shape index (κ3) is 1.63. The van der Waals surface area contributed by atoms with Crippen molar-refractivity contribution >= 4 is 19.7 Å². The number of aryl methyl sites for hydroxylation is 1. The maximum Gasteiger partial charge on any atom is 0.272 e. The van der Waals surface area contributed by atoms with E-state index in [1.807, 2.05) is 6.07 Å². The molecule has 1 aromatic carbocycles. The number of hydrogen-bond acceptors (Lipinski definition) is 2. The van der Waals surface area contributed by atoms with Crippen LogP contribution in [-0.4, -0.2) is 7.28 Å². The van der Waals surface area contributed by atoms with Crippen molar-refractivity contribution in [3.05, 3.63) is 29.3 Å². The number of fused-ring (bicyclic) bond motifs is 4. The Morgan fingerprint density at radius 3 is 3.00 bits per heavy atom. The zero-order chi connectivity index (χ0) is 14.9. The van der Waals surface area contributed by atoms with E-state index in [0.29, 0.717) is 11.1 Å². The number of halogens is 1. The van der Waals surface area contributed by atoms with Crippen molar-refractivity contribution in [1.29, 1.82) is 0 Å². The maximum absolute atomic E-state index is 12.3. The molecular weight excluding hydrogens is 294 g/mol. The molecule has 3 aliphatic carbocycles. The lowest BCUT2D eigenvalue weighted by atomic mass is 9.55. The topological polar surface area (TPSA) is 9.23 Å². The quantitative estimate of drug-likeness (QED) is 0.545. The highest BCUT2D eigenvalue weighted by Gasteiger charge is 2.73. The number of hydrogen-bond donors (Lipinski definition) is 0. The molecule has 0 N–H and O–H groups in total. The minimum atomic E-state index is -0.0548. The van der Waals surface area contributed by atoms with Crippen molar-refractivity contribution < 1.29 is 8.07 Å². The summed E-state index contributed by atoms with van der Waals surface area (Å²) in [6, 6.07) is 6.24. The fourth-order valence-corrected chi connectivity index (χ4v) is 6.96. The van der Waals surface area contributed by atoms with Gasteiger partial charge in [-0.25, -0.2) is 0 Å². The van der Waals surface area contributed by atoms with Crippen molar-refractivity contribution in [2.75, 3.05) is 0 Å². The molecule has 1 aliphatic heterocycles. The molecule has 0 radical (unpaired) electrons. The van der Waals surface area contributed by atoms with Gasteiger partial charge in [-0.2, -0.15) is 0 Å². The predicted molar refractivity (Wildman–Crippen MR) is 90.5 cm³/mol. The van der Waals surface area contributed by atoms with Crippen LogP contribution in [0.1, 0.15) is 56.1 Å². The summed E-state index contributed by atoms with van der Waals surface area (Å²) in [6.45, 7) is 2.54. The molecule has 1 spiro atoms. The Labute approximate surface area is 137 Å². The highest BCUT2D eigenvalue weighted by atomic mass is 32.2. The summed E-state index contributed by atoms with van der Waals surface area (Å²) in [4.78, 5) is 0. The monoisotopic (exact) mass is 316 g/mol. The molecule has 4 heteroatoms. The smallest absolute Gasteiger partial charge is 0.272 e. The molecule has 0 aromatic heterocycles. The molecule has 2 saturated carbocycles. The van der Waals surface area contributed by atoms with Crippen LogP contribution in [0.25, 0.3) is 0 Å². The molecule has 116 valence electrons. The molecule has 1 heterocycles. The molecule has 0 bridgehead atoms. The van der Waals surface area contributed by atoms with E-state index in [4.69, 9.17) is 4.18 Å². The minimum absolute atomic E-state index is 0.0548. The van der Waals surface area contributed by atoms with Gasteiger partial charge in [0.05, 0.1) is 0 Å². The first-order valence-corrected chi connectivity index (χ1v) is 9.39. The molecule has 4 aliphatic rings. The van der Waals surface area contributed by atoms with Gasteiger partial charge in [-0.1, -0.05) is 42.9 Å². The predicted octanol–water partition coefficient (Wildman–Crippen LogP) is 5.24. The molecule has 22 heavy (non-hydrogen) atoms. The normalized spacial score (nSPS) is 44.2. The SMILES string of the molecule is C[C@@]12BC13CCC1c4ccc(OSF)cc4CCC1C3CC2. The summed E-state index contributed by atoms with van der Waals surface area (Å²) in [7, 11) is 1.50. The van der Waals surface area contributed by atoms with Crippen LogP contribution in [0.2, 0.25) is 10.6 Å². The van der Waals surface area contributed by atoms with Gasteiger partial charge < -0.3 is 4.18 Å². The van der Waals surface area contributed by atoms with E-state index in [0.717, 1.165) is 29.5 Å². The standard InChI is InChI=1S/C18H22BFOS/c1-17-8-7-16-15-4-2-11-10-12(21-22-20)3-5-13(11)14(15)6-9-18(16,17)19-17/h3,5,10,14-16,19H,2,4,6-9H2,1H3/t14?,15?,16?,17-,18?/m0/s1. The zero-order valence-electron chi connectivity index (χ0n) is 13.1. The van der Waals surface area contributed by atoms with E-state index in [9.17, 15) is 3.89 Å². The summed E-state index contributed by atoms with van der Waals surface area (Å²) in [5, 5.41) is 1.42. The minimum Gasteiger partial charge on any atom is -0.397 e. The molecule has 1 nitrogen and oxygen atoms in total. The van der Waals surface area contributed by atoms with E-state index in [2.05, 4.69) is 19.1 Å². The van der Waals surface area contributed by atoms with Crippen LogP contribution in [0.3, 0.4) is 0 Å². The van der Waals surface area contributed by atoms with E-state index in [-0.39, 0.29) is 12.4 Å². The van der Waals surface area contributed by atoms with Gasteiger partial charge in [0.25, 0.3) is 12.4 Å². The van der Waals surface area contributed by atoms with E-state index in [1.54, 1.807) is 0 Å². The molecule has 3 fully saturated rings. The highest BCUT2D eigenvalue weighted by Crippen LogP contribution is 2.86. The lowest BCUT2D eigenvalue weighted by Gasteiger charge is -2.46.